The Morgan fingerprint density at radius 3 is 2.94 bits per heavy atom. The Hall–Kier alpha value is -1.09. The summed E-state index contributed by atoms with van der Waals surface area (Å²) < 4.78 is 2.30. The van der Waals surface area contributed by atoms with Gasteiger partial charge in [-0.3, -0.25) is 4.98 Å². The maximum Gasteiger partial charge on any atom is 0.127 e. The second-order valence-corrected chi connectivity index (χ2v) is 5.87. The predicted octanol–water partition coefficient (Wildman–Crippen LogP) is 3.92. The van der Waals surface area contributed by atoms with Gasteiger partial charge in [0, 0.05) is 12.7 Å². The number of imidazole rings is 1. The van der Waals surface area contributed by atoms with Crippen LogP contribution in [0.5, 0.6) is 0 Å². The van der Waals surface area contributed by atoms with Gasteiger partial charge in [0.05, 0.1) is 17.1 Å². The molecule has 1 aliphatic carbocycles. The number of hydrogen-bond acceptors (Lipinski definition) is 2. The zero-order valence-corrected chi connectivity index (χ0v) is 11.4. The van der Waals surface area contributed by atoms with Crippen LogP contribution >= 0.6 is 11.6 Å². The van der Waals surface area contributed by atoms with E-state index < -0.39 is 0 Å². The molecule has 1 aliphatic rings. The summed E-state index contributed by atoms with van der Waals surface area (Å²) in [4.78, 5) is 8.76. The molecule has 4 heteroatoms. The van der Waals surface area contributed by atoms with Crippen molar-refractivity contribution in [3.05, 3.63) is 24.3 Å². The van der Waals surface area contributed by atoms with Crippen molar-refractivity contribution < 1.29 is 0 Å². The van der Waals surface area contributed by atoms with Crippen LogP contribution in [0.4, 0.5) is 0 Å². The van der Waals surface area contributed by atoms with Gasteiger partial charge in [0.2, 0.25) is 0 Å². The van der Waals surface area contributed by atoms with Crippen molar-refractivity contribution in [2.75, 3.05) is 0 Å². The Morgan fingerprint density at radius 1 is 1.44 bits per heavy atom. The third-order valence-electron chi connectivity index (χ3n) is 3.85. The summed E-state index contributed by atoms with van der Waals surface area (Å²) in [5, 5.41) is -0.0567. The molecule has 18 heavy (non-hydrogen) atoms. The molecule has 2 aromatic heterocycles. The van der Waals surface area contributed by atoms with Crippen molar-refractivity contribution in [2.45, 2.75) is 44.5 Å². The number of fused-ring (bicyclic) bond motifs is 1. The predicted molar refractivity (Wildman–Crippen MR) is 73.8 cm³/mol. The minimum absolute atomic E-state index is 0.0567. The Balaban J connectivity index is 2.03. The van der Waals surface area contributed by atoms with Crippen LogP contribution in [0, 0.1) is 5.92 Å². The summed E-state index contributed by atoms with van der Waals surface area (Å²) in [5.41, 5.74) is 2.12. The Morgan fingerprint density at radius 2 is 2.22 bits per heavy atom. The van der Waals surface area contributed by atoms with E-state index in [2.05, 4.69) is 14.5 Å². The zero-order chi connectivity index (χ0) is 12.5. The van der Waals surface area contributed by atoms with Crippen molar-refractivity contribution in [3.8, 4) is 0 Å². The van der Waals surface area contributed by atoms with E-state index in [4.69, 9.17) is 11.6 Å². The highest BCUT2D eigenvalue weighted by Crippen LogP contribution is 2.30. The normalized spacial score (nSPS) is 18.6. The van der Waals surface area contributed by atoms with Gasteiger partial charge < -0.3 is 4.57 Å². The minimum Gasteiger partial charge on any atom is -0.326 e. The molecule has 3 rings (SSSR count). The summed E-state index contributed by atoms with van der Waals surface area (Å²) in [6.07, 6.45) is 9.05. The molecular formula is C14H18ClN3. The molecule has 0 radical (unpaired) electrons. The van der Waals surface area contributed by atoms with Crippen molar-refractivity contribution in [1.29, 1.82) is 0 Å². The molecule has 1 unspecified atom stereocenters. The molecule has 0 amide bonds. The third-order valence-corrected chi connectivity index (χ3v) is 4.05. The molecule has 1 atom stereocenters. The third kappa shape index (κ3) is 2.12. The van der Waals surface area contributed by atoms with E-state index in [1.807, 2.05) is 25.4 Å². The summed E-state index contributed by atoms with van der Waals surface area (Å²) >= 11 is 6.26. The average molecular weight is 264 g/mol. The first-order valence-electron chi connectivity index (χ1n) is 6.70. The number of nitrogens with zero attached hydrogens (tertiary/aromatic N) is 3. The lowest BCUT2D eigenvalue weighted by atomic mass is 10.1. The molecule has 1 saturated carbocycles. The first-order valence-corrected chi connectivity index (χ1v) is 7.13. The van der Waals surface area contributed by atoms with Crippen LogP contribution in [0.2, 0.25) is 0 Å². The lowest BCUT2D eigenvalue weighted by Gasteiger charge is -2.15. The van der Waals surface area contributed by atoms with E-state index in [1.54, 1.807) is 0 Å². The van der Waals surface area contributed by atoms with E-state index in [9.17, 15) is 0 Å². The van der Waals surface area contributed by atoms with Crippen LogP contribution in [-0.2, 0) is 6.54 Å². The Bertz CT molecular complexity index is 541. The van der Waals surface area contributed by atoms with Crippen LogP contribution in [-0.4, -0.2) is 14.5 Å². The highest BCUT2D eigenvalue weighted by Gasteiger charge is 2.20. The van der Waals surface area contributed by atoms with Crippen molar-refractivity contribution >= 4 is 22.6 Å². The maximum absolute atomic E-state index is 6.26. The fraction of sp³-hybridized carbons (Fsp3) is 0.571. The summed E-state index contributed by atoms with van der Waals surface area (Å²) in [6.45, 7) is 3.04. The van der Waals surface area contributed by atoms with E-state index >= 15 is 0 Å². The molecule has 1 fully saturated rings. The van der Waals surface area contributed by atoms with Crippen LogP contribution in [0.1, 0.15) is 43.8 Å². The first kappa shape index (κ1) is 12.0. The van der Waals surface area contributed by atoms with Gasteiger partial charge in [-0.05, 0) is 31.7 Å². The monoisotopic (exact) mass is 263 g/mol. The molecule has 2 aromatic rings. The minimum atomic E-state index is -0.0567. The Labute approximate surface area is 112 Å². The summed E-state index contributed by atoms with van der Waals surface area (Å²) in [5.74, 6) is 1.76. The maximum atomic E-state index is 6.26. The smallest absolute Gasteiger partial charge is 0.127 e. The van der Waals surface area contributed by atoms with Gasteiger partial charge in [-0.1, -0.05) is 12.8 Å². The molecular weight excluding hydrogens is 246 g/mol. The zero-order valence-electron chi connectivity index (χ0n) is 10.6. The van der Waals surface area contributed by atoms with Crippen LogP contribution in [0.3, 0.4) is 0 Å². The molecule has 0 spiro atoms. The van der Waals surface area contributed by atoms with E-state index in [0.717, 1.165) is 23.8 Å². The number of pyridine rings is 1. The standard InChI is InChI=1S/C14H18ClN3/c1-10(15)14-17-12-8-16-7-6-13(12)18(14)9-11-4-2-3-5-11/h6-8,10-11H,2-5,9H2,1H3. The van der Waals surface area contributed by atoms with Gasteiger partial charge in [-0.25, -0.2) is 4.98 Å². The second-order valence-electron chi connectivity index (χ2n) is 5.21. The highest BCUT2D eigenvalue weighted by molar-refractivity contribution is 6.20. The fourth-order valence-electron chi connectivity index (χ4n) is 2.95. The lowest BCUT2D eigenvalue weighted by molar-refractivity contribution is 0.454. The molecule has 3 nitrogen and oxygen atoms in total. The van der Waals surface area contributed by atoms with Crippen molar-refractivity contribution in [3.63, 3.8) is 0 Å². The summed E-state index contributed by atoms with van der Waals surface area (Å²) in [6, 6.07) is 2.04. The van der Waals surface area contributed by atoms with Gasteiger partial charge in [0.15, 0.2) is 0 Å². The topological polar surface area (TPSA) is 30.7 Å². The lowest BCUT2D eigenvalue weighted by Crippen LogP contribution is -2.11. The first-order chi connectivity index (χ1) is 8.75. The van der Waals surface area contributed by atoms with Gasteiger partial charge in [0.25, 0.3) is 0 Å². The second kappa shape index (κ2) is 4.88. The van der Waals surface area contributed by atoms with Crippen LogP contribution in [0.25, 0.3) is 11.0 Å². The summed E-state index contributed by atoms with van der Waals surface area (Å²) in [7, 11) is 0. The van der Waals surface area contributed by atoms with Gasteiger partial charge >= 0.3 is 0 Å². The highest BCUT2D eigenvalue weighted by atomic mass is 35.5. The Kier molecular flexibility index (Phi) is 3.25. The molecule has 96 valence electrons. The fourth-order valence-corrected chi connectivity index (χ4v) is 3.11. The van der Waals surface area contributed by atoms with E-state index in [-0.39, 0.29) is 5.38 Å². The molecule has 0 bridgehead atoms. The molecule has 0 aromatic carbocycles. The number of halogens is 1. The molecule has 0 saturated heterocycles. The quantitative estimate of drug-likeness (QED) is 0.786. The van der Waals surface area contributed by atoms with Crippen LogP contribution < -0.4 is 0 Å². The molecule has 2 heterocycles. The largest absolute Gasteiger partial charge is 0.326 e. The SMILES string of the molecule is CC(Cl)c1nc2cnccc2n1CC1CCCC1. The number of alkyl halides is 1. The van der Waals surface area contributed by atoms with Gasteiger partial charge in [-0.15, -0.1) is 11.6 Å². The molecule has 0 aliphatic heterocycles. The van der Waals surface area contributed by atoms with Gasteiger partial charge in [-0.2, -0.15) is 0 Å². The van der Waals surface area contributed by atoms with Crippen molar-refractivity contribution in [1.82, 2.24) is 14.5 Å². The number of hydrogen-bond donors (Lipinski definition) is 0. The van der Waals surface area contributed by atoms with Crippen LogP contribution in [0.15, 0.2) is 18.5 Å². The van der Waals surface area contributed by atoms with E-state index in [1.165, 1.54) is 31.2 Å². The average Bonchev–Trinajstić information content (AvgIpc) is 2.98. The van der Waals surface area contributed by atoms with Crippen molar-refractivity contribution in [2.24, 2.45) is 5.92 Å². The van der Waals surface area contributed by atoms with Gasteiger partial charge in [0.1, 0.15) is 11.3 Å². The number of rotatable bonds is 3. The number of aromatic nitrogens is 3. The molecule has 0 N–H and O–H groups in total. The van der Waals surface area contributed by atoms with E-state index in [0.29, 0.717) is 0 Å².